The zero-order valence-corrected chi connectivity index (χ0v) is 15.5. The number of nitrogen functional groups attached to an aromatic ring is 1. The van der Waals surface area contributed by atoms with E-state index in [-0.39, 0.29) is 5.82 Å². The maximum atomic E-state index is 14.9. The molecule has 0 amide bonds. The van der Waals surface area contributed by atoms with Crippen LogP contribution in [0.3, 0.4) is 0 Å². The molecule has 1 aromatic carbocycles. The van der Waals surface area contributed by atoms with Gasteiger partial charge in [0.15, 0.2) is 23.2 Å². The zero-order chi connectivity index (χ0) is 19.8. The number of imidazole rings is 1. The zero-order valence-electron chi connectivity index (χ0n) is 14.7. The second kappa shape index (κ2) is 7.51. The Bertz CT molecular complexity index is 972. The third-order valence-corrected chi connectivity index (χ3v) is 5.54. The quantitative estimate of drug-likeness (QED) is 0.533. The third kappa shape index (κ3) is 3.26. The van der Waals surface area contributed by atoms with Crippen molar-refractivity contribution >= 4 is 28.7 Å². The minimum Gasteiger partial charge on any atom is -0.497 e. The number of rotatable bonds is 5. The lowest BCUT2D eigenvalue weighted by atomic mass is 10.1. The Morgan fingerprint density at radius 2 is 1.96 bits per heavy atom. The monoisotopic (exact) mass is 407 g/mol. The van der Waals surface area contributed by atoms with Crippen molar-refractivity contribution < 1.29 is 24.1 Å². The minimum atomic E-state index is -1.61. The van der Waals surface area contributed by atoms with E-state index >= 15 is 0 Å². The summed E-state index contributed by atoms with van der Waals surface area (Å²) >= 11 is 0.882. The molecule has 0 saturated carbocycles. The van der Waals surface area contributed by atoms with Crippen molar-refractivity contribution in [3.8, 4) is 5.75 Å². The molecule has 0 bridgehead atoms. The lowest BCUT2D eigenvalue weighted by Crippen LogP contribution is -2.35. The van der Waals surface area contributed by atoms with Gasteiger partial charge in [-0.2, -0.15) is 0 Å². The molecule has 3 heterocycles. The van der Waals surface area contributed by atoms with Crippen molar-refractivity contribution in [2.75, 3.05) is 12.8 Å². The third-order valence-electron chi connectivity index (χ3n) is 4.50. The fraction of sp³-hybridized carbons (Fsp3) is 0.353. The molecule has 28 heavy (non-hydrogen) atoms. The van der Waals surface area contributed by atoms with E-state index in [1.807, 2.05) is 0 Å². The number of halogens is 1. The smallest absolute Gasteiger partial charge is 0.179 e. The average molecular weight is 407 g/mol. The number of nitrogens with zero attached hydrogens (tertiary/aromatic N) is 4. The van der Waals surface area contributed by atoms with Crippen molar-refractivity contribution in [1.82, 2.24) is 19.5 Å². The summed E-state index contributed by atoms with van der Waals surface area (Å²) in [5, 5.41) is 20.8. The maximum absolute atomic E-state index is 14.9. The molecule has 0 aliphatic carbocycles. The highest BCUT2D eigenvalue weighted by atomic mass is 32.2. The normalized spacial score (nSPS) is 25.9. The Labute approximate surface area is 163 Å². The second-order valence-electron chi connectivity index (χ2n) is 6.20. The van der Waals surface area contributed by atoms with Gasteiger partial charge < -0.3 is 25.4 Å². The standard InChI is InChI=1S/C17H18FN5O4S/c1-26-8-2-4-9(5-3-8)28-14(18)13-11(24)12(25)17(27-13)23-7-22-10-15(19)20-6-21-16(10)23/h2-7,11-14,17,24-25H,1H3,(H2,19,20,21)/t11-,12+,13-,14+,17+/m0/s1. The molecule has 1 fully saturated rings. The molecule has 0 spiro atoms. The lowest BCUT2D eigenvalue weighted by molar-refractivity contribution is -0.0461. The van der Waals surface area contributed by atoms with Crippen LogP contribution in [0.25, 0.3) is 11.2 Å². The average Bonchev–Trinajstić information content (AvgIpc) is 3.25. The largest absolute Gasteiger partial charge is 0.497 e. The van der Waals surface area contributed by atoms with E-state index in [4.69, 9.17) is 15.2 Å². The van der Waals surface area contributed by atoms with Crippen LogP contribution in [0.2, 0.25) is 0 Å². The van der Waals surface area contributed by atoms with Crippen molar-refractivity contribution in [1.29, 1.82) is 0 Å². The van der Waals surface area contributed by atoms with Gasteiger partial charge in [-0.05, 0) is 24.3 Å². The first-order valence-electron chi connectivity index (χ1n) is 8.39. The Morgan fingerprint density at radius 1 is 1.21 bits per heavy atom. The van der Waals surface area contributed by atoms with Gasteiger partial charge in [0.2, 0.25) is 0 Å². The highest BCUT2D eigenvalue weighted by Gasteiger charge is 2.48. The van der Waals surface area contributed by atoms with Gasteiger partial charge in [-0.3, -0.25) is 4.57 Å². The summed E-state index contributed by atoms with van der Waals surface area (Å²) in [4.78, 5) is 12.7. The summed E-state index contributed by atoms with van der Waals surface area (Å²) in [6.45, 7) is 0. The molecule has 9 nitrogen and oxygen atoms in total. The molecule has 4 rings (SSSR count). The number of alkyl halides is 1. The Kier molecular flexibility index (Phi) is 5.06. The summed E-state index contributed by atoms with van der Waals surface area (Å²) in [5.41, 5.74) is 4.80. The first-order valence-corrected chi connectivity index (χ1v) is 9.27. The van der Waals surface area contributed by atoms with E-state index < -0.39 is 30.0 Å². The summed E-state index contributed by atoms with van der Waals surface area (Å²) in [6.07, 6.45) is -2.49. The van der Waals surface area contributed by atoms with Crippen LogP contribution in [0.15, 0.2) is 41.8 Å². The summed E-state index contributed by atoms with van der Waals surface area (Å²) < 4.78 is 27.0. The van der Waals surface area contributed by atoms with E-state index in [1.165, 1.54) is 17.2 Å². The fourth-order valence-corrected chi connectivity index (χ4v) is 3.95. The first-order chi connectivity index (χ1) is 13.5. The van der Waals surface area contributed by atoms with Gasteiger partial charge in [-0.15, -0.1) is 0 Å². The number of hydrogen-bond donors (Lipinski definition) is 3. The number of benzene rings is 1. The number of methoxy groups -OCH3 is 1. The van der Waals surface area contributed by atoms with E-state index in [9.17, 15) is 14.6 Å². The molecule has 4 N–H and O–H groups in total. The van der Waals surface area contributed by atoms with Gasteiger partial charge in [-0.25, -0.2) is 19.3 Å². The topological polar surface area (TPSA) is 129 Å². The number of nitrogens with two attached hydrogens (primary N) is 1. The fourth-order valence-electron chi connectivity index (χ4n) is 3.04. The maximum Gasteiger partial charge on any atom is 0.179 e. The van der Waals surface area contributed by atoms with Crippen LogP contribution in [-0.2, 0) is 4.74 Å². The molecule has 1 aliphatic rings. The summed E-state index contributed by atoms with van der Waals surface area (Å²) in [6, 6.07) is 6.82. The van der Waals surface area contributed by atoms with Crippen LogP contribution in [-0.4, -0.2) is 60.7 Å². The number of hydrogen-bond acceptors (Lipinski definition) is 9. The number of thioether (sulfide) groups is 1. The van der Waals surface area contributed by atoms with Crippen molar-refractivity contribution in [2.45, 2.75) is 34.9 Å². The minimum absolute atomic E-state index is 0.173. The van der Waals surface area contributed by atoms with Gasteiger partial charge >= 0.3 is 0 Å². The predicted octanol–water partition coefficient (Wildman–Crippen LogP) is 1.12. The summed E-state index contributed by atoms with van der Waals surface area (Å²) in [5.74, 6) is 0.826. The van der Waals surface area contributed by atoms with Crippen LogP contribution in [0, 0.1) is 0 Å². The van der Waals surface area contributed by atoms with E-state index in [1.54, 1.807) is 31.4 Å². The van der Waals surface area contributed by atoms with Crippen molar-refractivity contribution in [3.05, 3.63) is 36.9 Å². The highest BCUT2D eigenvalue weighted by molar-refractivity contribution is 7.99. The van der Waals surface area contributed by atoms with Crippen LogP contribution >= 0.6 is 11.8 Å². The molecule has 5 atom stereocenters. The van der Waals surface area contributed by atoms with Crippen molar-refractivity contribution in [2.24, 2.45) is 0 Å². The number of anilines is 1. The van der Waals surface area contributed by atoms with E-state index in [0.29, 0.717) is 21.8 Å². The molecule has 1 aliphatic heterocycles. The highest BCUT2D eigenvalue weighted by Crippen LogP contribution is 2.39. The molecule has 0 unspecified atom stereocenters. The second-order valence-corrected chi connectivity index (χ2v) is 7.36. The van der Waals surface area contributed by atoms with Gasteiger partial charge in [0.05, 0.1) is 13.4 Å². The van der Waals surface area contributed by atoms with Crippen LogP contribution < -0.4 is 10.5 Å². The number of aromatic nitrogens is 4. The molecule has 11 heteroatoms. The van der Waals surface area contributed by atoms with Gasteiger partial charge in [-0.1, -0.05) is 11.8 Å². The van der Waals surface area contributed by atoms with Gasteiger partial charge in [0.1, 0.15) is 35.9 Å². The number of aliphatic hydroxyl groups excluding tert-OH is 2. The molecule has 148 valence electrons. The molecule has 1 saturated heterocycles. The van der Waals surface area contributed by atoms with Crippen LogP contribution in [0.5, 0.6) is 5.75 Å². The SMILES string of the molecule is COc1ccc(S[C@@H](F)[C@H]2O[C@@H](n3cnc4c(N)ncnc43)[C@H](O)[C@@H]2O)cc1. The van der Waals surface area contributed by atoms with Gasteiger partial charge in [0.25, 0.3) is 0 Å². The summed E-state index contributed by atoms with van der Waals surface area (Å²) in [7, 11) is 1.54. The van der Waals surface area contributed by atoms with Crippen LogP contribution in [0.4, 0.5) is 10.2 Å². The van der Waals surface area contributed by atoms with E-state index in [0.717, 1.165) is 11.8 Å². The molecule has 3 aromatic rings. The molecule has 0 radical (unpaired) electrons. The molecule has 2 aromatic heterocycles. The Hall–Kier alpha value is -2.47. The number of ether oxygens (including phenoxy) is 2. The van der Waals surface area contributed by atoms with E-state index in [2.05, 4.69) is 15.0 Å². The van der Waals surface area contributed by atoms with Crippen LogP contribution in [0.1, 0.15) is 6.23 Å². The Morgan fingerprint density at radius 3 is 2.68 bits per heavy atom. The number of fused-ring (bicyclic) bond motifs is 1. The van der Waals surface area contributed by atoms with Crippen molar-refractivity contribution in [3.63, 3.8) is 0 Å². The number of aliphatic hydroxyl groups is 2. The molecular formula is C17H18FN5O4S. The lowest BCUT2D eigenvalue weighted by Gasteiger charge is -2.18. The molecular weight excluding hydrogens is 389 g/mol. The van der Waals surface area contributed by atoms with Gasteiger partial charge in [0, 0.05) is 4.90 Å². The predicted molar refractivity (Wildman–Crippen MR) is 99.4 cm³/mol. The Balaban J connectivity index is 1.54. The first kappa shape index (κ1) is 18.9.